The average Bonchev–Trinajstić information content (AvgIpc) is 3.35. The van der Waals surface area contributed by atoms with Crippen molar-refractivity contribution in [2.24, 2.45) is 7.05 Å². The fourth-order valence-electron chi connectivity index (χ4n) is 4.31. The van der Waals surface area contributed by atoms with Crippen LogP contribution in [0.1, 0.15) is 28.5 Å². The number of hydrogen-bond acceptors (Lipinski definition) is 7. The largest absolute Gasteiger partial charge is 0.496 e. The minimum absolute atomic E-state index is 0.668. The van der Waals surface area contributed by atoms with Gasteiger partial charge in [0, 0.05) is 29.1 Å². The van der Waals surface area contributed by atoms with Crippen LogP contribution in [0.4, 0.5) is 11.6 Å². The van der Waals surface area contributed by atoms with Gasteiger partial charge in [0.15, 0.2) is 0 Å². The number of aromatic nitrogens is 6. The van der Waals surface area contributed by atoms with Crippen molar-refractivity contribution in [2.45, 2.75) is 34.6 Å². The van der Waals surface area contributed by atoms with Gasteiger partial charge in [0.25, 0.3) is 0 Å². The molecule has 4 heterocycles. The summed E-state index contributed by atoms with van der Waals surface area (Å²) in [6.45, 7) is 9.75. The summed E-state index contributed by atoms with van der Waals surface area (Å²) >= 11 is 0. The van der Waals surface area contributed by atoms with E-state index < -0.39 is 0 Å². The molecule has 0 saturated carbocycles. The number of ether oxygens (including phenoxy) is 1. The Morgan fingerprint density at radius 2 is 1.84 bits per heavy atom. The van der Waals surface area contributed by atoms with Gasteiger partial charge in [-0.1, -0.05) is 5.16 Å². The molecule has 9 heteroatoms. The maximum atomic E-state index is 5.77. The number of aryl methyl sites for hydroxylation is 5. The lowest BCUT2D eigenvalue weighted by Crippen LogP contribution is -2.04. The van der Waals surface area contributed by atoms with Gasteiger partial charge in [0.05, 0.1) is 29.4 Å². The van der Waals surface area contributed by atoms with Crippen molar-refractivity contribution in [3.63, 3.8) is 0 Å². The third-order valence-corrected chi connectivity index (χ3v) is 5.94. The number of anilines is 2. The first-order valence-electron chi connectivity index (χ1n) is 10.4. The summed E-state index contributed by atoms with van der Waals surface area (Å²) in [7, 11) is 3.58. The third kappa shape index (κ3) is 2.92. The van der Waals surface area contributed by atoms with Crippen molar-refractivity contribution in [3.05, 3.63) is 40.7 Å². The van der Waals surface area contributed by atoms with Crippen molar-refractivity contribution in [3.8, 4) is 16.9 Å². The molecule has 0 aliphatic carbocycles. The number of aromatic amines is 1. The van der Waals surface area contributed by atoms with Crippen molar-refractivity contribution in [2.75, 3.05) is 12.4 Å². The Labute approximate surface area is 184 Å². The quantitative estimate of drug-likeness (QED) is 0.421. The Hall–Kier alpha value is -3.88. The molecular formula is C23H25N7O2. The molecule has 0 saturated heterocycles. The third-order valence-electron chi connectivity index (χ3n) is 5.94. The fourth-order valence-corrected chi connectivity index (χ4v) is 4.31. The van der Waals surface area contributed by atoms with E-state index in [1.165, 1.54) is 0 Å². The van der Waals surface area contributed by atoms with Crippen LogP contribution >= 0.6 is 0 Å². The van der Waals surface area contributed by atoms with E-state index in [0.717, 1.165) is 73.2 Å². The van der Waals surface area contributed by atoms with Gasteiger partial charge in [0.1, 0.15) is 34.6 Å². The van der Waals surface area contributed by atoms with Gasteiger partial charge in [0.2, 0.25) is 0 Å². The second kappa shape index (κ2) is 7.08. The normalized spacial score (nSPS) is 11.6. The van der Waals surface area contributed by atoms with Gasteiger partial charge >= 0.3 is 0 Å². The highest BCUT2D eigenvalue weighted by Gasteiger charge is 2.21. The zero-order valence-corrected chi connectivity index (χ0v) is 19.2. The number of methoxy groups -OCH3 is 1. The van der Waals surface area contributed by atoms with Gasteiger partial charge in [-0.2, -0.15) is 5.10 Å². The standard InChI is InChI=1S/C23H25N7O2/c1-10-11(2)28-30(6)23(10)27-22-20-15-9-18(31-7)16(19-12(3)29-32-13(19)4)8-17(15)26-21(20)24-14(5)25-22/h8-9H,1-7H3,(H2,24,25,26,27). The summed E-state index contributed by atoms with van der Waals surface area (Å²) < 4.78 is 13.0. The second-order valence-electron chi connectivity index (χ2n) is 8.07. The molecule has 32 heavy (non-hydrogen) atoms. The molecule has 5 rings (SSSR count). The highest BCUT2D eigenvalue weighted by Crippen LogP contribution is 2.41. The second-order valence-corrected chi connectivity index (χ2v) is 8.07. The number of nitrogens with zero attached hydrogens (tertiary/aromatic N) is 5. The maximum absolute atomic E-state index is 5.77. The van der Waals surface area contributed by atoms with Gasteiger partial charge in [-0.05, 0) is 46.8 Å². The van der Waals surface area contributed by atoms with Gasteiger partial charge < -0.3 is 19.6 Å². The van der Waals surface area contributed by atoms with Crippen LogP contribution in [-0.4, -0.2) is 37.0 Å². The highest BCUT2D eigenvalue weighted by atomic mass is 16.5. The molecule has 0 spiro atoms. The first-order chi connectivity index (χ1) is 15.3. The lowest BCUT2D eigenvalue weighted by Gasteiger charge is -2.11. The summed E-state index contributed by atoms with van der Waals surface area (Å²) in [5, 5.41) is 14.0. The molecule has 0 atom stereocenters. The predicted molar refractivity (Wildman–Crippen MR) is 124 cm³/mol. The van der Waals surface area contributed by atoms with E-state index in [4.69, 9.17) is 14.2 Å². The van der Waals surface area contributed by atoms with E-state index in [1.54, 1.807) is 7.11 Å². The molecular weight excluding hydrogens is 406 g/mol. The zero-order valence-electron chi connectivity index (χ0n) is 19.2. The molecule has 1 aromatic carbocycles. The Morgan fingerprint density at radius 1 is 1.06 bits per heavy atom. The van der Waals surface area contributed by atoms with E-state index in [1.807, 2.05) is 52.4 Å². The minimum atomic E-state index is 0.668. The summed E-state index contributed by atoms with van der Waals surface area (Å²) in [6, 6.07) is 4.07. The number of rotatable bonds is 4. The lowest BCUT2D eigenvalue weighted by molar-refractivity contribution is 0.393. The molecule has 0 unspecified atom stereocenters. The van der Waals surface area contributed by atoms with E-state index in [0.29, 0.717) is 5.82 Å². The molecule has 0 amide bonds. The predicted octanol–water partition coefficient (Wildman–Crippen LogP) is 4.79. The van der Waals surface area contributed by atoms with E-state index in [9.17, 15) is 0 Å². The summed E-state index contributed by atoms with van der Waals surface area (Å²) in [6.07, 6.45) is 0. The molecule has 9 nitrogen and oxygen atoms in total. The van der Waals surface area contributed by atoms with Gasteiger partial charge in [-0.15, -0.1) is 0 Å². The van der Waals surface area contributed by atoms with E-state index in [-0.39, 0.29) is 0 Å². The van der Waals surface area contributed by atoms with Crippen molar-refractivity contribution in [1.29, 1.82) is 0 Å². The molecule has 0 aliphatic heterocycles. The van der Waals surface area contributed by atoms with Crippen LogP contribution in [0.2, 0.25) is 0 Å². The number of H-pyrrole nitrogens is 1. The summed E-state index contributed by atoms with van der Waals surface area (Å²) in [4.78, 5) is 12.8. The smallest absolute Gasteiger partial charge is 0.145 e. The van der Waals surface area contributed by atoms with Crippen LogP contribution in [0, 0.1) is 34.6 Å². The zero-order chi connectivity index (χ0) is 22.7. The highest BCUT2D eigenvalue weighted by molar-refractivity contribution is 6.13. The first kappa shape index (κ1) is 20.0. The van der Waals surface area contributed by atoms with Crippen LogP contribution in [0.15, 0.2) is 16.7 Å². The Kier molecular flexibility index (Phi) is 4.44. The summed E-state index contributed by atoms with van der Waals surface area (Å²) in [5.74, 6) is 3.76. The Balaban J connectivity index is 1.77. The van der Waals surface area contributed by atoms with Gasteiger partial charge in [-0.25, -0.2) is 9.97 Å². The Bertz CT molecular complexity index is 1490. The van der Waals surface area contributed by atoms with Crippen LogP contribution < -0.4 is 10.1 Å². The topological polar surface area (TPSA) is 107 Å². The van der Waals surface area contributed by atoms with Crippen molar-refractivity contribution >= 4 is 33.6 Å². The summed E-state index contributed by atoms with van der Waals surface area (Å²) in [5.41, 5.74) is 6.40. The first-order valence-corrected chi connectivity index (χ1v) is 10.4. The van der Waals surface area contributed by atoms with Crippen LogP contribution in [-0.2, 0) is 7.05 Å². The monoisotopic (exact) mass is 431 g/mol. The number of fused-ring (bicyclic) bond motifs is 3. The van der Waals surface area contributed by atoms with Crippen LogP contribution in [0.5, 0.6) is 5.75 Å². The molecule has 4 aromatic heterocycles. The fraction of sp³-hybridized carbons (Fsp3) is 0.304. The average molecular weight is 432 g/mol. The van der Waals surface area contributed by atoms with Crippen molar-refractivity contribution in [1.82, 2.24) is 29.9 Å². The van der Waals surface area contributed by atoms with Crippen molar-refractivity contribution < 1.29 is 9.26 Å². The SMILES string of the molecule is COc1cc2c(cc1-c1c(C)noc1C)[nH]c1nc(C)nc(Nc3c(C)c(C)nn3C)c12. The molecule has 164 valence electrons. The van der Waals surface area contributed by atoms with Gasteiger partial charge in [-0.3, -0.25) is 4.68 Å². The molecule has 2 N–H and O–H groups in total. The number of nitrogens with one attached hydrogen (secondary N) is 2. The lowest BCUT2D eigenvalue weighted by atomic mass is 10.0. The molecule has 0 radical (unpaired) electrons. The van der Waals surface area contributed by atoms with E-state index in [2.05, 4.69) is 31.6 Å². The van der Waals surface area contributed by atoms with Crippen LogP contribution in [0.3, 0.4) is 0 Å². The number of benzene rings is 1. The minimum Gasteiger partial charge on any atom is -0.496 e. The van der Waals surface area contributed by atoms with Crippen LogP contribution in [0.25, 0.3) is 33.1 Å². The number of hydrogen-bond donors (Lipinski definition) is 2. The molecule has 0 bridgehead atoms. The molecule has 0 aliphatic rings. The molecule has 0 fully saturated rings. The van der Waals surface area contributed by atoms with E-state index >= 15 is 0 Å². The maximum Gasteiger partial charge on any atom is 0.145 e. The molecule has 5 aromatic rings. The Morgan fingerprint density at radius 3 is 2.47 bits per heavy atom.